The van der Waals surface area contributed by atoms with Crippen molar-refractivity contribution in [1.82, 2.24) is 15.1 Å². The number of allylic oxidation sites excluding steroid dienone is 6. The van der Waals surface area contributed by atoms with E-state index in [0.29, 0.717) is 17.7 Å². The third-order valence-electron chi connectivity index (χ3n) is 5.87. The molecule has 0 fully saturated rings. The summed E-state index contributed by atoms with van der Waals surface area (Å²) >= 11 is 3.52. The Hall–Kier alpha value is -3.64. The summed E-state index contributed by atoms with van der Waals surface area (Å²) in [7, 11) is 0. The summed E-state index contributed by atoms with van der Waals surface area (Å²) < 4.78 is 2.76. The zero-order valence-corrected chi connectivity index (χ0v) is 22.5. The van der Waals surface area contributed by atoms with Gasteiger partial charge in [-0.1, -0.05) is 74.2 Å². The standard InChI is InChI=1S/C23H24BrN3O.C7H8O/c1-4-18-9-11-19(12-10-18)14-25-23(27-17(3)21(24)15-26-27)13-16(2)20-7-5-6-8-22(20)28;1-6(8)7-4-2-3-5-7/h5-13,15,25,28H,2,4,14H2,1,3H3;2-4H,5H2,1H3/b23-13-;. The molecule has 0 unspecified atom stereocenters. The van der Waals surface area contributed by atoms with Crippen LogP contribution >= 0.6 is 15.9 Å². The molecule has 0 saturated heterocycles. The molecule has 0 bridgehead atoms. The van der Waals surface area contributed by atoms with Crippen molar-refractivity contribution < 1.29 is 9.90 Å². The van der Waals surface area contributed by atoms with Gasteiger partial charge in [0.25, 0.3) is 0 Å². The molecule has 0 radical (unpaired) electrons. The first-order valence-electron chi connectivity index (χ1n) is 11.9. The van der Waals surface area contributed by atoms with E-state index >= 15 is 0 Å². The number of halogens is 1. The van der Waals surface area contributed by atoms with Gasteiger partial charge in [-0.05, 0) is 77.0 Å². The molecule has 2 N–H and O–H groups in total. The van der Waals surface area contributed by atoms with E-state index in [9.17, 15) is 9.90 Å². The predicted octanol–water partition coefficient (Wildman–Crippen LogP) is 6.99. The highest BCUT2D eigenvalue weighted by atomic mass is 79.9. The van der Waals surface area contributed by atoms with Gasteiger partial charge in [0.05, 0.1) is 16.4 Å². The van der Waals surface area contributed by atoms with E-state index in [4.69, 9.17) is 0 Å². The minimum atomic E-state index is 0.190. The largest absolute Gasteiger partial charge is 0.507 e. The van der Waals surface area contributed by atoms with Crippen LogP contribution in [0.25, 0.3) is 11.4 Å². The smallest absolute Gasteiger partial charge is 0.156 e. The second-order valence-corrected chi connectivity index (χ2v) is 9.32. The van der Waals surface area contributed by atoms with Crippen LogP contribution in [-0.4, -0.2) is 20.7 Å². The molecule has 3 aromatic rings. The molecular weight excluding hydrogens is 514 g/mol. The molecule has 1 aliphatic rings. The highest BCUT2D eigenvalue weighted by Gasteiger charge is 2.11. The number of aromatic nitrogens is 2. The molecule has 2 aromatic carbocycles. The van der Waals surface area contributed by atoms with Crippen LogP contribution < -0.4 is 5.32 Å². The number of nitrogens with zero attached hydrogens (tertiary/aromatic N) is 2. The Morgan fingerprint density at radius 1 is 1.19 bits per heavy atom. The number of aryl methyl sites for hydroxylation is 1. The lowest BCUT2D eigenvalue weighted by Gasteiger charge is -2.15. The molecule has 5 nitrogen and oxygen atoms in total. The van der Waals surface area contributed by atoms with Crippen molar-refractivity contribution in [1.29, 1.82) is 0 Å². The second kappa shape index (κ2) is 12.9. The first-order chi connectivity index (χ1) is 17.3. The van der Waals surface area contributed by atoms with Crippen LogP contribution in [0.15, 0.2) is 95.7 Å². The summed E-state index contributed by atoms with van der Waals surface area (Å²) in [5, 5.41) is 18.1. The third kappa shape index (κ3) is 7.18. The van der Waals surface area contributed by atoms with Gasteiger partial charge < -0.3 is 10.4 Å². The van der Waals surface area contributed by atoms with Crippen LogP contribution in [0.3, 0.4) is 0 Å². The monoisotopic (exact) mass is 545 g/mol. The molecule has 1 heterocycles. The first kappa shape index (κ1) is 27.0. The highest BCUT2D eigenvalue weighted by molar-refractivity contribution is 9.10. The molecule has 36 heavy (non-hydrogen) atoms. The van der Waals surface area contributed by atoms with Crippen molar-refractivity contribution in [3.8, 4) is 5.75 Å². The Morgan fingerprint density at radius 3 is 2.42 bits per heavy atom. The van der Waals surface area contributed by atoms with Gasteiger partial charge in [-0.15, -0.1) is 0 Å². The zero-order valence-electron chi connectivity index (χ0n) is 21.0. The zero-order chi connectivity index (χ0) is 26.1. The second-order valence-electron chi connectivity index (χ2n) is 8.47. The fraction of sp³-hybridized carbons (Fsp3) is 0.200. The summed E-state index contributed by atoms with van der Waals surface area (Å²) in [6.07, 6.45) is 11.3. The number of hydrogen-bond acceptors (Lipinski definition) is 4. The molecule has 0 saturated carbocycles. The van der Waals surface area contributed by atoms with Crippen LogP contribution in [-0.2, 0) is 17.8 Å². The van der Waals surface area contributed by atoms with Crippen molar-refractivity contribution in [3.63, 3.8) is 0 Å². The van der Waals surface area contributed by atoms with Crippen molar-refractivity contribution in [2.24, 2.45) is 0 Å². The van der Waals surface area contributed by atoms with Crippen molar-refractivity contribution in [3.05, 3.63) is 118 Å². The van der Waals surface area contributed by atoms with E-state index in [1.165, 1.54) is 11.1 Å². The van der Waals surface area contributed by atoms with Gasteiger partial charge in [-0.2, -0.15) is 5.10 Å². The van der Waals surface area contributed by atoms with Gasteiger partial charge in [-0.3, -0.25) is 4.79 Å². The SMILES string of the molecule is C=C(/C=C(/NCc1ccc(CC)cc1)n1ncc(Br)c1C)c1ccccc1O.CC(=O)C1=CC=CC1. The van der Waals surface area contributed by atoms with E-state index < -0.39 is 0 Å². The van der Waals surface area contributed by atoms with Gasteiger partial charge >= 0.3 is 0 Å². The van der Waals surface area contributed by atoms with Gasteiger partial charge in [0.1, 0.15) is 11.6 Å². The molecule has 1 aliphatic carbocycles. The number of aromatic hydroxyl groups is 1. The molecule has 4 rings (SSSR count). The van der Waals surface area contributed by atoms with E-state index in [1.54, 1.807) is 25.3 Å². The lowest BCUT2D eigenvalue weighted by Crippen LogP contribution is -2.19. The number of nitrogens with one attached hydrogen (secondary N) is 1. The number of hydrogen-bond donors (Lipinski definition) is 2. The van der Waals surface area contributed by atoms with Crippen molar-refractivity contribution >= 4 is 33.1 Å². The van der Waals surface area contributed by atoms with Crippen LogP contribution in [0, 0.1) is 6.92 Å². The number of carbonyl (C=O) groups excluding carboxylic acids is 1. The Balaban J connectivity index is 0.000000383. The number of ketones is 1. The maximum absolute atomic E-state index is 10.5. The molecule has 186 valence electrons. The molecule has 0 amide bonds. The number of rotatable bonds is 8. The average molecular weight is 547 g/mol. The van der Waals surface area contributed by atoms with Crippen molar-refractivity contribution in [2.75, 3.05) is 0 Å². The number of phenols is 1. The number of carbonyl (C=O) groups is 1. The Bertz CT molecular complexity index is 1310. The summed E-state index contributed by atoms with van der Waals surface area (Å²) in [6, 6.07) is 15.7. The van der Waals surface area contributed by atoms with E-state index in [0.717, 1.165) is 34.4 Å². The lowest BCUT2D eigenvalue weighted by molar-refractivity contribution is -0.113. The summed E-state index contributed by atoms with van der Waals surface area (Å²) in [4.78, 5) is 10.5. The predicted molar refractivity (Wildman–Crippen MR) is 151 cm³/mol. The van der Waals surface area contributed by atoms with E-state index in [-0.39, 0.29) is 11.5 Å². The topological polar surface area (TPSA) is 67.2 Å². The molecule has 6 heteroatoms. The summed E-state index contributed by atoms with van der Waals surface area (Å²) in [5.74, 6) is 1.18. The normalized spacial score (nSPS) is 12.6. The highest BCUT2D eigenvalue weighted by Crippen LogP contribution is 2.26. The first-order valence-corrected chi connectivity index (χ1v) is 12.7. The van der Waals surface area contributed by atoms with Crippen LogP contribution in [0.4, 0.5) is 0 Å². The number of phenolic OH excluding ortho intramolecular Hbond substituents is 1. The number of para-hydroxylation sites is 1. The quantitative estimate of drug-likeness (QED) is 0.299. The molecular formula is C30H32BrN3O2. The Morgan fingerprint density at radius 2 is 1.89 bits per heavy atom. The van der Waals surface area contributed by atoms with Crippen LogP contribution in [0.5, 0.6) is 5.75 Å². The van der Waals surface area contributed by atoms with Crippen LogP contribution in [0.2, 0.25) is 0 Å². The number of benzene rings is 2. The summed E-state index contributed by atoms with van der Waals surface area (Å²) in [5.41, 5.74) is 5.79. The van der Waals surface area contributed by atoms with E-state index in [1.807, 2.05) is 48.0 Å². The maximum Gasteiger partial charge on any atom is 0.156 e. The Labute approximate surface area is 221 Å². The molecule has 0 spiro atoms. The minimum Gasteiger partial charge on any atom is -0.507 e. The molecule has 0 atom stereocenters. The van der Waals surface area contributed by atoms with Gasteiger partial charge in [-0.25, -0.2) is 4.68 Å². The van der Waals surface area contributed by atoms with Gasteiger partial charge in [0.2, 0.25) is 0 Å². The average Bonchev–Trinajstić information content (AvgIpc) is 3.54. The maximum atomic E-state index is 10.5. The number of Topliss-reactive ketones (excluding diaryl/α,β-unsaturated/α-hetero) is 1. The Kier molecular flexibility index (Phi) is 9.65. The molecule has 0 aliphatic heterocycles. The fourth-order valence-corrected chi connectivity index (χ4v) is 3.86. The van der Waals surface area contributed by atoms with Gasteiger partial charge in [0, 0.05) is 12.1 Å². The third-order valence-corrected chi connectivity index (χ3v) is 6.65. The van der Waals surface area contributed by atoms with E-state index in [2.05, 4.69) is 64.1 Å². The van der Waals surface area contributed by atoms with Gasteiger partial charge in [0.15, 0.2) is 5.78 Å². The summed E-state index contributed by atoms with van der Waals surface area (Å²) in [6.45, 7) is 10.5. The minimum absolute atomic E-state index is 0.190. The van der Waals surface area contributed by atoms with Crippen LogP contribution in [0.1, 0.15) is 42.7 Å². The fourth-order valence-electron chi connectivity index (χ4n) is 3.60. The molecule has 1 aromatic heterocycles. The lowest BCUT2D eigenvalue weighted by atomic mass is 10.1. The van der Waals surface area contributed by atoms with Crippen molar-refractivity contribution in [2.45, 2.75) is 40.2 Å².